The van der Waals surface area contributed by atoms with Gasteiger partial charge in [-0.2, -0.15) is 0 Å². The first-order chi connectivity index (χ1) is 10.2. The molecule has 5 N–H and O–H groups in total. The van der Waals surface area contributed by atoms with Crippen molar-refractivity contribution >= 4 is 40.3 Å². The van der Waals surface area contributed by atoms with Gasteiger partial charge in [-0.25, -0.2) is 15.8 Å². The van der Waals surface area contributed by atoms with Crippen molar-refractivity contribution in [1.29, 1.82) is 0 Å². The molecule has 0 atom stereocenters. The van der Waals surface area contributed by atoms with Crippen molar-refractivity contribution < 1.29 is 4.79 Å². The van der Waals surface area contributed by atoms with Crippen LogP contribution in [0.2, 0.25) is 5.15 Å². The Morgan fingerprint density at radius 3 is 2.81 bits per heavy atom. The number of rotatable bonds is 3. The number of carbonyl (C=O) groups excluding carboxylic acids is 1. The van der Waals surface area contributed by atoms with Crippen molar-refractivity contribution in [3.8, 4) is 0 Å². The van der Waals surface area contributed by atoms with E-state index in [4.69, 9.17) is 17.4 Å². The van der Waals surface area contributed by atoms with E-state index >= 15 is 0 Å². The van der Waals surface area contributed by atoms with Crippen molar-refractivity contribution in [3.63, 3.8) is 0 Å². The van der Waals surface area contributed by atoms with Crippen LogP contribution in [-0.4, -0.2) is 20.9 Å². The standard InChI is InChI=1S/C13H11ClN6O/c14-10-5-7(6-11(18-10)20-15)12(21)19-13-16-8-3-1-2-4-9(8)17-13/h1-6H,15H2,(H,18,20)(H2,16,17,19,21). The van der Waals surface area contributed by atoms with E-state index in [-0.39, 0.29) is 11.1 Å². The number of benzene rings is 1. The fourth-order valence-electron chi connectivity index (χ4n) is 1.89. The summed E-state index contributed by atoms with van der Waals surface area (Å²) < 4.78 is 0. The molecule has 3 rings (SSSR count). The van der Waals surface area contributed by atoms with Crippen LogP contribution >= 0.6 is 11.6 Å². The van der Waals surface area contributed by atoms with E-state index in [1.165, 1.54) is 12.1 Å². The fourth-order valence-corrected chi connectivity index (χ4v) is 2.10. The number of hydrogen-bond donors (Lipinski definition) is 4. The number of nitrogens with one attached hydrogen (secondary N) is 3. The average Bonchev–Trinajstić information content (AvgIpc) is 2.88. The summed E-state index contributed by atoms with van der Waals surface area (Å²) in [5, 5.41) is 2.83. The molecule has 21 heavy (non-hydrogen) atoms. The molecule has 0 spiro atoms. The minimum Gasteiger partial charge on any atom is -0.324 e. The monoisotopic (exact) mass is 302 g/mol. The van der Waals surface area contributed by atoms with Crippen molar-refractivity contribution in [2.24, 2.45) is 5.84 Å². The third kappa shape index (κ3) is 2.78. The smallest absolute Gasteiger partial charge is 0.258 e. The van der Waals surface area contributed by atoms with Crippen LogP contribution in [0.3, 0.4) is 0 Å². The molecule has 1 aromatic carbocycles. The van der Waals surface area contributed by atoms with E-state index in [1.54, 1.807) is 0 Å². The minimum atomic E-state index is -0.366. The van der Waals surface area contributed by atoms with Crippen LogP contribution in [0.25, 0.3) is 11.0 Å². The molecule has 0 bridgehead atoms. The lowest BCUT2D eigenvalue weighted by molar-refractivity contribution is 0.102. The number of H-pyrrole nitrogens is 1. The van der Waals surface area contributed by atoms with Crippen molar-refractivity contribution in [3.05, 3.63) is 47.1 Å². The molecule has 8 heteroatoms. The maximum Gasteiger partial charge on any atom is 0.258 e. The lowest BCUT2D eigenvalue weighted by Crippen LogP contribution is -2.15. The van der Waals surface area contributed by atoms with E-state index in [9.17, 15) is 4.79 Å². The molecular weight excluding hydrogens is 292 g/mol. The van der Waals surface area contributed by atoms with Crippen LogP contribution in [0, 0.1) is 0 Å². The second-order valence-corrected chi connectivity index (χ2v) is 4.65. The molecule has 0 aliphatic heterocycles. The number of aromatic nitrogens is 3. The Morgan fingerprint density at radius 2 is 2.05 bits per heavy atom. The highest BCUT2D eigenvalue weighted by Gasteiger charge is 2.11. The molecule has 106 valence electrons. The second kappa shape index (κ2) is 5.39. The summed E-state index contributed by atoms with van der Waals surface area (Å²) >= 11 is 5.83. The summed E-state index contributed by atoms with van der Waals surface area (Å²) in [7, 11) is 0. The number of hydrazine groups is 1. The molecule has 0 fully saturated rings. The minimum absolute atomic E-state index is 0.167. The van der Waals surface area contributed by atoms with Crippen LogP contribution in [0.5, 0.6) is 0 Å². The van der Waals surface area contributed by atoms with Gasteiger partial charge in [0.1, 0.15) is 11.0 Å². The highest BCUT2D eigenvalue weighted by Crippen LogP contribution is 2.17. The molecule has 0 saturated carbocycles. The Bertz CT molecular complexity index is 782. The van der Waals surface area contributed by atoms with Crippen LogP contribution in [0.15, 0.2) is 36.4 Å². The second-order valence-electron chi connectivity index (χ2n) is 4.26. The number of hydrogen-bond acceptors (Lipinski definition) is 5. The van der Waals surface area contributed by atoms with Crippen molar-refractivity contribution in [1.82, 2.24) is 15.0 Å². The Kier molecular flexibility index (Phi) is 3.43. The maximum atomic E-state index is 12.2. The Labute approximate surface area is 124 Å². The molecule has 7 nitrogen and oxygen atoms in total. The number of pyridine rings is 1. The summed E-state index contributed by atoms with van der Waals surface area (Å²) in [6.07, 6.45) is 0. The number of anilines is 2. The first kappa shape index (κ1) is 13.3. The van der Waals surface area contributed by atoms with Gasteiger partial charge in [-0.15, -0.1) is 0 Å². The number of fused-ring (bicyclic) bond motifs is 1. The highest BCUT2D eigenvalue weighted by molar-refractivity contribution is 6.30. The number of nitrogens with two attached hydrogens (primary N) is 1. The lowest BCUT2D eigenvalue weighted by atomic mass is 10.2. The van der Waals surface area contributed by atoms with Gasteiger partial charge in [-0.05, 0) is 24.3 Å². The van der Waals surface area contributed by atoms with Gasteiger partial charge in [0.25, 0.3) is 5.91 Å². The summed E-state index contributed by atoms with van der Waals surface area (Å²) in [6, 6.07) is 10.4. The molecule has 3 aromatic rings. The van der Waals surface area contributed by atoms with E-state index < -0.39 is 0 Å². The molecule has 1 amide bonds. The molecule has 2 heterocycles. The van der Waals surface area contributed by atoms with Crippen LogP contribution in [0.4, 0.5) is 11.8 Å². The number of imidazole rings is 1. The predicted octanol–water partition coefficient (Wildman–Crippen LogP) is 2.15. The summed E-state index contributed by atoms with van der Waals surface area (Å²) in [5.41, 5.74) is 4.28. The van der Waals surface area contributed by atoms with Crippen LogP contribution in [-0.2, 0) is 0 Å². The Balaban J connectivity index is 1.87. The number of para-hydroxylation sites is 2. The third-order valence-corrected chi connectivity index (χ3v) is 3.02. The largest absolute Gasteiger partial charge is 0.324 e. The van der Waals surface area contributed by atoms with Crippen molar-refractivity contribution in [2.45, 2.75) is 0 Å². The summed E-state index contributed by atoms with van der Waals surface area (Å²) in [4.78, 5) is 23.4. The average molecular weight is 303 g/mol. The quantitative estimate of drug-likeness (QED) is 0.337. The van der Waals surface area contributed by atoms with Gasteiger partial charge in [0.2, 0.25) is 5.95 Å². The molecule has 2 aromatic heterocycles. The zero-order valence-corrected chi connectivity index (χ0v) is 11.5. The number of nitrogens with zero attached hydrogens (tertiary/aromatic N) is 2. The number of carbonyl (C=O) groups is 1. The number of amides is 1. The zero-order chi connectivity index (χ0) is 14.8. The first-order valence-corrected chi connectivity index (χ1v) is 6.44. The topological polar surface area (TPSA) is 109 Å². The summed E-state index contributed by atoms with van der Waals surface area (Å²) in [6.45, 7) is 0. The van der Waals surface area contributed by atoms with Crippen LogP contribution < -0.4 is 16.6 Å². The molecule has 0 aliphatic rings. The maximum absolute atomic E-state index is 12.2. The van der Waals surface area contributed by atoms with Gasteiger partial charge >= 0.3 is 0 Å². The fraction of sp³-hybridized carbons (Fsp3) is 0. The molecule has 0 radical (unpaired) electrons. The van der Waals surface area contributed by atoms with Gasteiger partial charge < -0.3 is 10.4 Å². The van der Waals surface area contributed by atoms with Crippen LogP contribution in [0.1, 0.15) is 10.4 Å². The number of nitrogen functional groups attached to an aromatic ring is 1. The van der Waals surface area contributed by atoms with Gasteiger partial charge in [0, 0.05) is 5.56 Å². The molecule has 0 aliphatic carbocycles. The summed E-state index contributed by atoms with van der Waals surface area (Å²) in [5.74, 6) is 5.56. The number of halogens is 1. The molecule has 0 saturated heterocycles. The molecular formula is C13H11ClN6O. The molecule has 0 unspecified atom stereocenters. The van der Waals surface area contributed by atoms with E-state index in [1.807, 2.05) is 24.3 Å². The zero-order valence-electron chi connectivity index (χ0n) is 10.7. The van der Waals surface area contributed by atoms with E-state index in [0.29, 0.717) is 17.3 Å². The normalized spacial score (nSPS) is 10.6. The van der Waals surface area contributed by atoms with Gasteiger partial charge in [0.05, 0.1) is 11.0 Å². The Hall–Kier alpha value is -2.64. The van der Waals surface area contributed by atoms with Gasteiger partial charge in [0.15, 0.2) is 0 Å². The lowest BCUT2D eigenvalue weighted by Gasteiger charge is -2.05. The third-order valence-electron chi connectivity index (χ3n) is 2.83. The van der Waals surface area contributed by atoms with Gasteiger partial charge in [-0.3, -0.25) is 10.1 Å². The first-order valence-electron chi connectivity index (χ1n) is 6.06. The highest BCUT2D eigenvalue weighted by atomic mass is 35.5. The SMILES string of the molecule is NNc1cc(C(=O)Nc2nc3ccccc3[nH]2)cc(Cl)n1. The predicted molar refractivity (Wildman–Crippen MR) is 81.1 cm³/mol. The van der Waals surface area contributed by atoms with E-state index in [0.717, 1.165) is 11.0 Å². The Morgan fingerprint density at radius 1 is 1.24 bits per heavy atom. The van der Waals surface area contributed by atoms with E-state index in [2.05, 4.69) is 25.7 Å². The van der Waals surface area contributed by atoms with Gasteiger partial charge in [-0.1, -0.05) is 23.7 Å². The number of aromatic amines is 1. The van der Waals surface area contributed by atoms with Crippen molar-refractivity contribution in [2.75, 3.05) is 10.7 Å².